The molecule has 0 bridgehead atoms. The molecule has 92 valence electrons. The fraction of sp³-hybridized carbons (Fsp3) is 0.375. The first kappa shape index (κ1) is 10.8. The second-order valence-electron chi connectivity index (χ2n) is 5.69. The summed E-state index contributed by atoms with van der Waals surface area (Å²) in [5.41, 5.74) is 1.60. The van der Waals surface area contributed by atoms with Crippen LogP contribution in [0.2, 0.25) is 0 Å². The number of likely N-dealkylation sites (tertiary alicyclic amines) is 1. The van der Waals surface area contributed by atoms with Gasteiger partial charge in [0.05, 0.1) is 0 Å². The van der Waals surface area contributed by atoms with Gasteiger partial charge >= 0.3 is 0 Å². The van der Waals surface area contributed by atoms with Gasteiger partial charge in [-0.15, -0.1) is 11.3 Å². The lowest BCUT2D eigenvalue weighted by Crippen LogP contribution is -2.14. The third kappa shape index (κ3) is 1.63. The van der Waals surface area contributed by atoms with Crippen LogP contribution in [-0.4, -0.2) is 25.0 Å². The lowest BCUT2D eigenvalue weighted by molar-refractivity contribution is 0.395. The molecule has 1 aliphatic heterocycles. The van der Waals surface area contributed by atoms with E-state index in [9.17, 15) is 0 Å². The lowest BCUT2D eigenvalue weighted by atomic mass is 10.00. The van der Waals surface area contributed by atoms with E-state index in [2.05, 4.69) is 48.4 Å². The van der Waals surface area contributed by atoms with Gasteiger partial charge in [-0.05, 0) is 48.4 Å². The van der Waals surface area contributed by atoms with E-state index in [1.807, 2.05) is 11.3 Å². The summed E-state index contributed by atoms with van der Waals surface area (Å²) in [5.74, 6) is 1.67. The van der Waals surface area contributed by atoms with E-state index in [1.165, 1.54) is 34.5 Å². The number of fused-ring (bicyclic) bond motifs is 2. The van der Waals surface area contributed by atoms with Gasteiger partial charge in [-0.1, -0.05) is 24.3 Å². The maximum atomic E-state index is 2.54. The number of hydrogen-bond donors (Lipinski definition) is 0. The molecule has 1 nitrogen and oxygen atoms in total. The molecule has 2 aliphatic rings. The van der Waals surface area contributed by atoms with Gasteiger partial charge in [0, 0.05) is 22.7 Å². The average Bonchev–Trinajstić information content (AvgIpc) is 2.98. The first-order valence-electron chi connectivity index (χ1n) is 6.68. The molecule has 18 heavy (non-hydrogen) atoms. The van der Waals surface area contributed by atoms with E-state index >= 15 is 0 Å². The SMILES string of the molecule is CN1CC2C=C(c3cc4ccccc4s3)CC2C1. The minimum absolute atomic E-state index is 0.801. The van der Waals surface area contributed by atoms with Crippen molar-refractivity contribution in [2.24, 2.45) is 11.8 Å². The van der Waals surface area contributed by atoms with Crippen molar-refractivity contribution in [3.05, 3.63) is 41.3 Å². The van der Waals surface area contributed by atoms with Crippen molar-refractivity contribution >= 4 is 27.0 Å². The van der Waals surface area contributed by atoms with Gasteiger partial charge in [0.15, 0.2) is 0 Å². The third-order valence-corrected chi connectivity index (χ3v) is 5.51. The highest BCUT2D eigenvalue weighted by Gasteiger charge is 2.35. The molecule has 1 fully saturated rings. The molecule has 1 aromatic carbocycles. The molecule has 0 spiro atoms. The van der Waals surface area contributed by atoms with Gasteiger partial charge < -0.3 is 4.90 Å². The molecule has 0 radical (unpaired) electrons. The summed E-state index contributed by atoms with van der Waals surface area (Å²) in [5, 5.41) is 1.40. The summed E-state index contributed by atoms with van der Waals surface area (Å²) in [6, 6.07) is 11.1. The number of thiophene rings is 1. The van der Waals surface area contributed by atoms with Crippen molar-refractivity contribution in [1.29, 1.82) is 0 Å². The van der Waals surface area contributed by atoms with Crippen molar-refractivity contribution in [2.75, 3.05) is 20.1 Å². The summed E-state index contributed by atoms with van der Waals surface area (Å²) in [6.45, 7) is 2.52. The molecule has 1 aliphatic carbocycles. The van der Waals surface area contributed by atoms with Crippen LogP contribution in [0.5, 0.6) is 0 Å². The minimum Gasteiger partial charge on any atom is -0.305 e. The van der Waals surface area contributed by atoms with E-state index in [-0.39, 0.29) is 0 Å². The molecule has 2 heterocycles. The van der Waals surface area contributed by atoms with E-state index < -0.39 is 0 Å². The first-order valence-corrected chi connectivity index (χ1v) is 7.49. The number of allylic oxidation sites excluding steroid dienone is 1. The third-order valence-electron chi connectivity index (χ3n) is 4.31. The molecule has 4 rings (SSSR count). The molecule has 1 saturated heterocycles. The Labute approximate surface area is 112 Å². The van der Waals surface area contributed by atoms with Crippen LogP contribution in [0, 0.1) is 11.8 Å². The molecule has 1 aromatic heterocycles. The van der Waals surface area contributed by atoms with Crippen LogP contribution in [0.15, 0.2) is 36.4 Å². The van der Waals surface area contributed by atoms with Gasteiger partial charge in [-0.2, -0.15) is 0 Å². The second-order valence-corrected chi connectivity index (χ2v) is 6.77. The molecule has 0 amide bonds. The number of nitrogens with zero attached hydrogens (tertiary/aromatic N) is 1. The minimum atomic E-state index is 0.801. The second kappa shape index (κ2) is 3.94. The summed E-state index contributed by atoms with van der Waals surface area (Å²) in [7, 11) is 2.24. The molecule has 2 heteroatoms. The number of hydrogen-bond acceptors (Lipinski definition) is 2. The molecule has 0 N–H and O–H groups in total. The predicted octanol–water partition coefficient (Wildman–Crippen LogP) is 3.87. The van der Waals surface area contributed by atoms with E-state index in [0.717, 1.165) is 11.8 Å². The van der Waals surface area contributed by atoms with Crippen molar-refractivity contribution in [1.82, 2.24) is 4.90 Å². The Bertz CT molecular complexity index is 592. The highest BCUT2D eigenvalue weighted by molar-refractivity contribution is 7.20. The van der Waals surface area contributed by atoms with Crippen LogP contribution >= 0.6 is 11.3 Å². The van der Waals surface area contributed by atoms with Crippen LogP contribution in [0.1, 0.15) is 11.3 Å². The molecular formula is C16H17NS. The van der Waals surface area contributed by atoms with Crippen molar-refractivity contribution in [3.63, 3.8) is 0 Å². The quantitative estimate of drug-likeness (QED) is 0.748. The molecule has 2 unspecified atom stereocenters. The predicted molar refractivity (Wildman–Crippen MR) is 78.9 cm³/mol. The Kier molecular flexibility index (Phi) is 2.36. The van der Waals surface area contributed by atoms with E-state index in [4.69, 9.17) is 0 Å². The maximum Gasteiger partial charge on any atom is 0.0349 e. The Morgan fingerprint density at radius 2 is 2.11 bits per heavy atom. The van der Waals surface area contributed by atoms with Gasteiger partial charge in [0.25, 0.3) is 0 Å². The van der Waals surface area contributed by atoms with Crippen LogP contribution in [0.3, 0.4) is 0 Å². The summed E-state index contributed by atoms with van der Waals surface area (Å²) in [6.07, 6.45) is 3.82. The standard InChI is InChI=1S/C16H17NS/c1-17-9-13-6-12(7-14(13)10-17)16-8-11-4-2-3-5-15(11)18-16/h2-6,8,13-14H,7,9-10H2,1H3. The average molecular weight is 255 g/mol. The Morgan fingerprint density at radius 3 is 2.94 bits per heavy atom. The van der Waals surface area contributed by atoms with Gasteiger partial charge in [0.1, 0.15) is 0 Å². The molecular weight excluding hydrogens is 238 g/mol. The zero-order valence-corrected chi connectivity index (χ0v) is 11.4. The van der Waals surface area contributed by atoms with E-state index in [0.29, 0.717) is 0 Å². The Hall–Kier alpha value is -1.12. The Morgan fingerprint density at radius 1 is 1.22 bits per heavy atom. The molecule has 2 atom stereocenters. The van der Waals surface area contributed by atoms with Crippen LogP contribution < -0.4 is 0 Å². The van der Waals surface area contributed by atoms with Gasteiger partial charge in [-0.25, -0.2) is 0 Å². The van der Waals surface area contributed by atoms with Gasteiger partial charge in [0.2, 0.25) is 0 Å². The van der Waals surface area contributed by atoms with Crippen LogP contribution in [-0.2, 0) is 0 Å². The fourth-order valence-electron chi connectivity index (χ4n) is 3.46. The maximum absolute atomic E-state index is 2.54. The smallest absolute Gasteiger partial charge is 0.0349 e. The summed E-state index contributed by atoms with van der Waals surface area (Å²) in [4.78, 5) is 3.96. The Balaban J connectivity index is 1.70. The molecule has 0 saturated carbocycles. The first-order chi connectivity index (χ1) is 8.79. The molecule has 2 aromatic rings. The summed E-state index contributed by atoms with van der Waals surface area (Å²) >= 11 is 1.95. The van der Waals surface area contributed by atoms with Crippen LogP contribution in [0.25, 0.3) is 15.7 Å². The largest absolute Gasteiger partial charge is 0.305 e. The summed E-state index contributed by atoms with van der Waals surface area (Å²) < 4.78 is 1.42. The topological polar surface area (TPSA) is 3.24 Å². The highest BCUT2D eigenvalue weighted by atomic mass is 32.1. The van der Waals surface area contributed by atoms with Crippen molar-refractivity contribution in [2.45, 2.75) is 6.42 Å². The van der Waals surface area contributed by atoms with Crippen molar-refractivity contribution in [3.8, 4) is 0 Å². The van der Waals surface area contributed by atoms with Gasteiger partial charge in [-0.3, -0.25) is 0 Å². The number of benzene rings is 1. The number of rotatable bonds is 1. The zero-order valence-electron chi connectivity index (χ0n) is 10.6. The lowest BCUT2D eigenvalue weighted by Gasteiger charge is -2.08. The van der Waals surface area contributed by atoms with Crippen molar-refractivity contribution < 1.29 is 0 Å². The highest BCUT2D eigenvalue weighted by Crippen LogP contribution is 2.43. The van der Waals surface area contributed by atoms with E-state index in [1.54, 1.807) is 5.57 Å². The monoisotopic (exact) mass is 255 g/mol. The van der Waals surface area contributed by atoms with Crippen LogP contribution in [0.4, 0.5) is 0 Å². The normalized spacial score (nSPS) is 27.7. The zero-order chi connectivity index (χ0) is 12.1. The fourth-order valence-corrected chi connectivity index (χ4v) is 4.55.